The van der Waals surface area contributed by atoms with Crippen LogP contribution in [0.4, 0.5) is 0 Å². The molecule has 0 fully saturated rings. The third-order valence-corrected chi connectivity index (χ3v) is 2.67. The highest BCUT2D eigenvalue weighted by molar-refractivity contribution is 5.42. The van der Waals surface area contributed by atoms with Crippen LogP contribution in [0.1, 0.15) is 36.8 Å². The molecular weight excluding hydrogens is 216 g/mol. The van der Waals surface area contributed by atoms with Crippen molar-refractivity contribution in [2.24, 2.45) is 0 Å². The van der Waals surface area contributed by atoms with E-state index < -0.39 is 0 Å². The Labute approximate surface area is 104 Å². The van der Waals surface area contributed by atoms with Gasteiger partial charge in [0.05, 0.1) is 7.11 Å². The van der Waals surface area contributed by atoms with Gasteiger partial charge in [-0.15, -0.1) is 0 Å². The molecule has 0 atom stereocenters. The van der Waals surface area contributed by atoms with E-state index >= 15 is 0 Å². The highest BCUT2D eigenvalue weighted by Gasteiger charge is 2.15. The molecule has 3 heteroatoms. The Morgan fingerprint density at radius 1 is 1.00 bits per heavy atom. The number of hydrogen-bond acceptors (Lipinski definition) is 3. The lowest BCUT2D eigenvalue weighted by Gasteiger charge is -2.20. The first kappa shape index (κ1) is 14.0. The van der Waals surface area contributed by atoms with Crippen molar-refractivity contribution in [3.05, 3.63) is 28.8 Å². The average Bonchev–Trinajstić information content (AvgIpc) is 2.31. The molecule has 0 radical (unpaired) electrons. The van der Waals surface area contributed by atoms with E-state index in [4.69, 9.17) is 14.2 Å². The second kappa shape index (κ2) is 6.62. The summed E-state index contributed by atoms with van der Waals surface area (Å²) in [6, 6.07) is 4.10. The molecule has 96 valence electrons. The molecule has 0 amide bonds. The summed E-state index contributed by atoms with van der Waals surface area (Å²) >= 11 is 0. The number of rotatable bonds is 6. The molecule has 0 heterocycles. The van der Waals surface area contributed by atoms with Crippen LogP contribution in [0.5, 0.6) is 5.75 Å². The maximum Gasteiger partial charge on any atom is 0.184 e. The fourth-order valence-corrected chi connectivity index (χ4v) is 1.82. The number of aryl methyl sites for hydroxylation is 2. The topological polar surface area (TPSA) is 27.7 Å². The Morgan fingerprint density at radius 2 is 1.59 bits per heavy atom. The molecule has 0 aliphatic rings. The van der Waals surface area contributed by atoms with Crippen LogP contribution in [0.2, 0.25) is 0 Å². The monoisotopic (exact) mass is 238 g/mol. The first-order chi connectivity index (χ1) is 8.13. The lowest BCUT2D eigenvalue weighted by Crippen LogP contribution is -2.11. The second-order valence-electron chi connectivity index (χ2n) is 3.92. The molecule has 17 heavy (non-hydrogen) atoms. The van der Waals surface area contributed by atoms with Crippen molar-refractivity contribution in [3.63, 3.8) is 0 Å². The quantitative estimate of drug-likeness (QED) is 0.711. The van der Waals surface area contributed by atoms with Crippen molar-refractivity contribution in [1.82, 2.24) is 0 Å². The van der Waals surface area contributed by atoms with Crippen LogP contribution in [-0.2, 0) is 9.47 Å². The molecule has 3 nitrogen and oxygen atoms in total. The van der Waals surface area contributed by atoms with Crippen molar-refractivity contribution < 1.29 is 14.2 Å². The Kier molecular flexibility index (Phi) is 5.45. The molecule has 0 unspecified atom stereocenters. The molecule has 0 aromatic heterocycles. The molecule has 0 N–H and O–H groups in total. The van der Waals surface area contributed by atoms with E-state index in [0.717, 1.165) is 22.4 Å². The van der Waals surface area contributed by atoms with Gasteiger partial charge in [-0.3, -0.25) is 0 Å². The Morgan fingerprint density at radius 3 is 2.06 bits per heavy atom. The number of methoxy groups -OCH3 is 1. The molecule has 1 aromatic carbocycles. The van der Waals surface area contributed by atoms with Gasteiger partial charge in [-0.05, 0) is 51.0 Å². The van der Waals surface area contributed by atoms with Gasteiger partial charge in [0.25, 0.3) is 0 Å². The first-order valence-electron chi connectivity index (χ1n) is 6.02. The normalized spacial score (nSPS) is 10.9. The van der Waals surface area contributed by atoms with E-state index in [1.807, 2.05) is 33.8 Å². The molecule has 0 saturated heterocycles. The number of ether oxygens (including phenoxy) is 3. The highest BCUT2D eigenvalue weighted by atomic mass is 16.7. The Balaban J connectivity index is 3.05. The molecule has 0 spiro atoms. The lowest BCUT2D eigenvalue weighted by atomic mass is 10.0. The van der Waals surface area contributed by atoms with Crippen molar-refractivity contribution in [1.29, 1.82) is 0 Å². The van der Waals surface area contributed by atoms with Crippen LogP contribution in [0.3, 0.4) is 0 Å². The lowest BCUT2D eigenvalue weighted by molar-refractivity contribution is -0.140. The van der Waals surface area contributed by atoms with Gasteiger partial charge in [0.15, 0.2) is 6.29 Å². The predicted octanol–water partition coefficient (Wildman–Crippen LogP) is 3.38. The van der Waals surface area contributed by atoms with Crippen molar-refractivity contribution >= 4 is 0 Å². The molecule has 0 saturated carbocycles. The van der Waals surface area contributed by atoms with Crippen molar-refractivity contribution in [2.45, 2.75) is 34.0 Å². The molecule has 1 rings (SSSR count). The smallest absolute Gasteiger partial charge is 0.184 e. The third-order valence-electron chi connectivity index (χ3n) is 2.67. The maximum absolute atomic E-state index is 5.61. The van der Waals surface area contributed by atoms with E-state index in [9.17, 15) is 0 Å². The summed E-state index contributed by atoms with van der Waals surface area (Å²) in [5.74, 6) is 0.901. The van der Waals surface area contributed by atoms with Crippen molar-refractivity contribution in [3.8, 4) is 5.75 Å². The van der Waals surface area contributed by atoms with Gasteiger partial charge in [-0.1, -0.05) is 0 Å². The van der Waals surface area contributed by atoms with Crippen LogP contribution >= 0.6 is 0 Å². The molecule has 0 aliphatic carbocycles. The van der Waals surface area contributed by atoms with Gasteiger partial charge in [0.1, 0.15) is 5.75 Å². The zero-order valence-corrected chi connectivity index (χ0v) is 11.4. The Hall–Kier alpha value is -1.06. The molecule has 0 aliphatic heterocycles. The maximum atomic E-state index is 5.61. The Bertz CT molecular complexity index is 355. The largest absolute Gasteiger partial charge is 0.496 e. The fourth-order valence-electron chi connectivity index (χ4n) is 1.82. The van der Waals surface area contributed by atoms with Crippen LogP contribution < -0.4 is 4.74 Å². The van der Waals surface area contributed by atoms with Gasteiger partial charge in [0, 0.05) is 18.8 Å². The standard InChI is InChI=1S/C14H22O3/c1-6-16-14(17-7-2)12-8-11(4)13(15-5)9-10(12)3/h8-9,14H,6-7H2,1-5H3. The number of hydrogen-bond donors (Lipinski definition) is 0. The zero-order valence-electron chi connectivity index (χ0n) is 11.4. The summed E-state index contributed by atoms with van der Waals surface area (Å²) in [4.78, 5) is 0. The van der Waals surface area contributed by atoms with E-state index in [0.29, 0.717) is 13.2 Å². The minimum Gasteiger partial charge on any atom is -0.496 e. The van der Waals surface area contributed by atoms with E-state index in [1.54, 1.807) is 7.11 Å². The van der Waals surface area contributed by atoms with Gasteiger partial charge in [0.2, 0.25) is 0 Å². The zero-order chi connectivity index (χ0) is 12.8. The minimum absolute atomic E-state index is 0.283. The van der Waals surface area contributed by atoms with Crippen LogP contribution in [0.15, 0.2) is 12.1 Å². The van der Waals surface area contributed by atoms with Gasteiger partial charge >= 0.3 is 0 Å². The number of benzene rings is 1. The third kappa shape index (κ3) is 3.45. The van der Waals surface area contributed by atoms with E-state index in [2.05, 4.69) is 6.07 Å². The summed E-state index contributed by atoms with van der Waals surface area (Å²) in [6.07, 6.45) is -0.283. The minimum atomic E-state index is -0.283. The molecular formula is C14H22O3. The summed E-state index contributed by atoms with van der Waals surface area (Å²) < 4.78 is 16.5. The van der Waals surface area contributed by atoms with E-state index in [-0.39, 0.29) is 6.29 Å². The van der Waals surface area contributed by atoms with Crippen molar-refractivity contribution in [2.75, 3.05) is 20.3 Å². The first-order valence-corrected chi connectivity index (χ1v) is 6.02. The SMILES string of the molecule is CCOC(OCC)c1cc(C)c(OC)cc1C. The fraction of sp³-hybridized carbons (Fsp3) is 0.571. The van der Waals surface area contributed by atoms with Crippen LogP contribution in [0, 0.1) is 13.8 Å². The van der Waals surface area contributed by atoms with Gasteiger partial charge in [-0.25, -0.2) is 0 Å². The summed E-state index contributed by atoms with van der Waals surface area (Å²) in [5.41, 5.74) is 3.30. The van der Waals surface area contributed by atoms with Crippen LogP contribution in [0.25, 0.3) is 0 Å². The van der Waals surface area contributed by atoms with Crippen LogP contribution in [-0.4, -0.2) is 20.3 Å². The summed E-state index contributed by atoms with van der Waals surface area (Å²) in [6.45, 7) is 9.28. The molecule has 0 bridgehead atoms. The average molecular weight is 238 g/mol. The second-order valence-corrected chi connectivity index (χ2v) is 3.92. The predicted molar refractivity (Wildman–Crippen MR) is 68.5 cm³/mol. The highest BCUT2D eigenvalue weighted by Crippen LogP contribution is 2.29. The molecule has 1 aromatic rings. The summed E-state index contributed by atoms with van der Waals surface area (Å²) in [7, 11) is 1.68. The van der Waals surface area contributed by atoms with Gasteiger partial charge < -0.3 is 14.2 Å². The van der Waals surface area contributed by atoms with E-state index in [1.165, 1.54) is 0 Å². The van der Waals surface area contributed by atoms with Gasteiger partial charge in [-0.2, -0.15) is 0 Å². The summed E-state index contributed by atoms with van der Waals surface area (Å²) in [5, 5.41) is 0.